The van der Waals surface area contributed by atoms with Crippen molar-refractivity contribution < 1.29 is 32.6 Å². The van der Waals surface area contributed by atoms with E-state index in [1.165, 1.54) is 0 Å². The molecule has 1 saturated carbocycles. The molecule has 0 radical (unpaired) electrons. The third kappa shape index (κ3) is 4.13. The van der Waals surface area contributed by atoms with Gasteiger partial charge in [0.1, 0.15) is 11.4 Å². The first-order valence-corrected chi connectivity index (χ1v) is 10.1. The fourth-order valence-corrected chi connectivity index (χ4v) is 4.23. The number of nitrogens with one attached hydrogen (secondary N) is 1. The molecule has 8 nitrogen and oxygen atoms in total. The lowest BCUT2D eigenvalue weighted by Gasteiger charge is -2.19. The van der Waals surface area contributed by atoms with E-state index in [0.29, 0.717) is 35.9 Å². The number of alkyl halides is 3. The summed E-state index contributed by atoms with van der Waals surface area (Å²) in [5, 5.41) is 12.0. The molecule has 0 spiro atoms. The number of carboxylic acid groups (broad SMARTS) is 1. The van der Waals surface area contributed by atoms with Crippen molar-refractivity contribution in [3.8, 4) is 11.6 Å². The number of ether oxygens (including phenoxy) is 1. The van der Waals surface area contributed by atoms with E-state index in [2.05, 4.69) is 15.3 Å². The molecule has 3 atom stereocenters. The van der Waals surface area contributed by atoms with Crippen molar-refractivity contribution >= 4 is 22.9 Å². The quantitative estimate of drug-likeness (QED) is 0.617. The number of benzene rings is 1. The fraction of sp³-hybridized carbons (Fsp3) is 0.273. The first kappa shape index (κ1) is 21.0. The van der Waals surface area contributed by atoms with Crippen LogP contribution in [-0.4, -0.2) is 51.1 Å². The van der Waals surface area contributed by atoms with Gasteiger partial charge in [-0.2, -0.15) is 13.2 Å². The minimum absolute atomic E-state index is 0.0189. The Kier molecular flexibility index (Phi) is 4.84. The van der Waals surface area contributed by atoms with Crippen molar-refractivity contribution in [1.82, 2.24) is 20.2 Å². The predicted octanol–water partition coefficient (Wildman–Crippen LogP) is 3.78. The van der Waals surface area contributed by atoms with Crippen molar-refractivity contribution in [1.29, 1.82) is 0 Å². The van der Waals surface area contributed by atoms with E-state index in [1.807, 2.05) is 0 Å². The van der Waals surface area contributed by atoms with Gasteiger partial charge in [0.15, 0.2) is 0 Å². The number of likely N-dealkylation sites (tertiary alicyclic amines) is 1. The Morgan fingerprint density at radius 2 is 1.85 bits per heavy atom. The summed E-state index contributed by atoms with van der Waals surface area (Å²) < 4.78 is 43.5. The largest absolute Gasteiger partial charge is 0.465 e. The van der Waals surface area contributed by atoms with Crippen LogP contribution in [0.25, 0.3) is 10.9 Å². The van der Waals surface area contributed by atoms with Gasteiger partial charge in [-0.25, -0.2) is 14.8 Å². The van der Waals surface area contributed by atoms with Crippen LogP contribution in [-0.2, 0) is 6.18 Å². The van der Waals surface area contributed by atoms with Crippen LogP contribution in [0, 0.1) is 11.8 Å². The monoisotopic (exact) mass is 458 g/mol. The number of halogens is 3. The molecular weight excluding hydrogens is 441 g/mol. The lowest BCUT2D eigenvalue weighted by molar-refractivity contribution is -0.137. The number of hydrogen-bond donors (Lipinski definition) is 2. The first-order valence-electron chi connectivity index (χ1n) is 10.1. The van der Waals surface area contributed by atoms with Crippen LogP contribution < -0.4 is 10.1 Å². The topological polar surface area (TPSA) is 105 Å². The maximum atomic E-state index is 12.8. The molecule has 3 aromatic rings. The molecule has 2 aromatic heterocycles. The molecule has 1 aliphatic carbocycles. The number of fused-ring (bicyclic) bond motifs is 2. The standard InChI is InChI=1S/C22H17F3N4O4/c23-22(24,25)12-2-6-18(26-8-12)33-13-3-5-16-11(7-13)1-4-17(27-16)20(30)29-9-14-15(10-29)19(14)28-21(31)32/h1-8,14-15,19,28H,9-10H2,(H,31,32)/t14-,15+,19-. The van der Waals surface area contributed by atoms with Gasteiger partial charge < -0.3 is 20.1 Å². The molecule has 1 aliphatic heterocycles. The highest BCUT2D eigenvalue weighted by atomic mass is 19.4. The van der Waals surface area contributed by atoms with Gasteiger partial charge in [-0.3, -0.25) is 4.79 Å². The minimum Gasteiger partial charge on any atom is -0.465 e. The zero-order valence-corrected chi connectivity index (χ0v) is 16.9. The van der Waals surface area contributed by atoms with Gasteiger partial charge in [-0.15, -0.1) is 0 Å². The summed E-state index contributed by atoms with van der Waals surface area (Å²) in [6, 6.07) is 10.2. The number of piperidine rings is 1. The first-order chi connectivity index (χ1) is 15.7. The number of carbonyl (C=O) groups excluding carboxylic acids is 1. The van der Waals surface area contributed by atoms with E-state index in [9.17, 15) is 22.8 Å². The summed E-state index contributed by atoms with van der Waals surface area (Å²) in [5.74, 6) is 0.457. The van der Waals surface area contributed by atoms with Crippen LogP contribution >= 0.6 is 0 Å². The van der Waals surface area contributed by atoms with E-state index in [4.69, 9.17) is 9.84 Å². The lowest BCUT2D eigenvalue weighted by atomic mass is 10.2. The molecule has 2 aliphatic rings. The summed E-state index contributed by atoms with van der Waals surface area (Å²) in [6.45, 7) is 0.974. The Morgan fingerprint density at radius 1 is 1.09 bits per heavy atom. The maximum Gasteiger partial charge on any atom is 0.417 e. The summed E-state index contributed by atoms with van der Waals surface area (Å²) in [6.07, 6.45) is -4.82. The molecule has 2 fully saturated rings. The summed E-state index contributed by atoms with van der Waals surface area (Å²) >= 11 is 0. The van der Waals surface area contributed by atoms with Gasteiger partial charge in [0.25, 0.3) is 5.91 Å². The molecular formula is C22H17F3N4O4. The Bertz CT molecular complexity index is 1240. The molecule has 0 unspecified atom stereocenters. The number of rotatable bonds is 4. The normalized spacial score (nSPS) is 21.5. The number of nitrogens with zero attached hydrogens (tertiary/aromatic N) is 3. The van der Waals surface area contributed by atoms with Gasteiger partial charge in [-0.05, 0) is 30.3 Å². The van der Waals surface area contributed by atoms with E-state index in [0.717, 1.165) is 12.1 Å². The zero-order chi connectivity index (χ0) is 23.3. The Labute approximate surface area is 185 Å². The van der Waals surface area contributed by atoms with Gasteiger partial charge in [0, 0.05) is 48.6 Å². The third-order valence-corrected chi connectivity index (χ3v) is 5.94. The van der Waals surface area contributed by atoms with Crippen LogP contribution in [0.1, 0.15) is 16.1 Å². The molecule has 2 amide bonds. The molecule has 0 bridgehead atoms. The Balaban J connectivity index is 1.26. The fourth-order valence-electron chi connectivity index (χ4n) is 4.23. The van der Waals surface area contributed by atoms with Crippen molar-refractivity contribution in [2.45, 2.75) is 12.2 Å². The second-order valence-electron chi connectivity index (χ2n) is 8.05. The molecule has 2 N–H and O–H groups in total. The van der Waals surface area contributed by atoms with Crippen LogP contribution in [0.5, 0.6) is 11.6 Å². The second kappa shape index (κ2) is 7.61. The Morgan fingerprint density at radius 3 is 2.48 bits per heavy atom. The van der Waals surface area contributed by atoms with Gasteiger partial charge in [0.05, 0.1) is 11.1 Å². The summed E-state index contributed by atoms with van der Waals surface area (Å²) in [5.41, 5.74) is -0.0216. The van der Waals surface area contributed by atoms with Crippen LogP contribution in [0.3, 0.4) is 0 Å². The number of hydrogen-bond acceptors (Lipinski definition) is 5. The zero-order valence-electron chi connectivity index (χ0n) is 16.9. The SMILES string of the molecule is O=C(O)N[C@@H]1[C@@H]2CN(C(=O)c3ccc4cc(Oc5ccc(C(F)(F)F)cn5)ccc4n3)C[C@@H]21. The van der Waals surface area contributed by atoms with Crippen LogP contribution in [0.2, 0.25) is 0 Å². The number of carbonyl (C=O) groups is 2. The highest BCUT2D eigenvalue weighted by molar-refractivity contribution is 5.95. The Hall–Kier alpha value is -3.89. The van der Waals surface area contributed by atoms with Crippen LogP contribution in [0.4, 0.5) is 18.0 Å². The van der Waals surface area contributed by atoms with E-state index in [-0.39, 0.29) is 35.4 Å². The van der Waals surface area contributed by atoms with E-state index < -0.39 is 17.8 Å². The predicted molar refractivity (Wildman–Crippen MR) is 109 cm³/mol. The average Bonchev–Trinajstić information content (AvgIpc) is 3.19. The van der Waals surface area contributed by atoms with Gasteiger partial charge >= 0.3 is 12.3 Å². The molecule has 33 heavy (non-hydrogen) atoms. The van der Waals surface area contributed by atoms with E-state index in [1.54, 1.807) is 35.2 Å². The lowest BCUT2D eigenvalue weighted by Crippen LogP contribution is -2.37. The van der Waals surface area contributed by atoms with Crippen molar-refractivity contribution in [3.63, 3.8) is 0 Å². The van der Waals surface area contributed by atoms with Crippen molar-refractivity contribution in [2.75, 3.05) is 13.1 Å². The smallest absolute Gasteiger partial charge is 0.417 e. The molecule has 1 saturated heterocycles. The highest BCUT2D eigenvalue weighted by Crippen LogP contribution is 2.45. The molecule has 11 heteroatoms. The third-order valence-electron chi connectivity index (χ3n) is 5.94. The highest BCUT2D eigenvalue weighted by Gasteiger charge is 2.57. The minimum atomic E-state index is -4.47. The molecule has 5 rings (SSSR count). The van der Waals surface area contributed by atoms with Gasteiger partial charge in [0.2, 0.25) is 5.88 Å². The van der Waals surface area contributed by atoms with Crippen molar-refractivity contribution in [2.24, 2.45) is 11.8 Å². The number of amides is 2. The summed E-state index contributed by atoms with van der Waals surface area (Å²) in [7, 11) is 0. The van der Waals surface area contributed by atoms with Gasteiger partial charge in [-0.1, -0.05) is 6.07 Å². The second-order valence-corrected chi connectivity index (χ2v) is 8.05. The average molecular weight is 458 g/mol. The molecule has 170 valence electrons. The number of aromatic nitrogens is 2. The maximum absolute atomic E-state index is 12.8. The van der Waals surface area contributed by atoms with Crippen molar-refractivity contribution in [3.05, 3.63) is 59.9 Å². The van der Waals surface area contributed by atoms with E-state index >= 15 is 0 Å². The molecule has 3 heterocycles. The summed E-state index contributed by atoms with van der Waals surface area (Å²) in [4.78, 5) is 33.4. The number of pyridine rings is 2. The molecule has 1 aromatic carbocycles. The van der Waals surface area contributed by atoms with Crippen LogP contribution in [0.15, 0.2) is 48.7 Å².